The number of hydrogen-bond donors (Lipinski definition) is 0. The molecule has 31 heavy (non-hydrogen) atoms. The van der Waals surface area contributed by atoms with Gasteiger partial charge in [-0.25, -0.2) is 18.4 Å². The van der Waals surface area contributed by atoms with Crippen LogP contribution in [-0.2, 0) is 25.9 Å². The second kappa shape index (κ2) is 9.02. The SMILES string of the molecule is C[C@H]1COCCN1c1cc(C2(S(C)(=O)=O)CCN(Cc3ccccc3)CC2)nc(Cl)n1. The molecule has 0 aliphatic carbocycles. The number of hydrogen-bond acceptors (Lipinski definition) is 7. The summed E-state index contributed by atoms with van der Waals surface area (Å²) in [5.74, 6) is 0.667. The van der Waals surface area contributed by atoms with Gasteiger partial charge in [-0.3, -0.25) is 4.90 Å². The lowest BCUT2D eigenvalue weighted by Gasteiger charge is -2.41. The van der Waals surface area contributed by atoms with Crippen LogP contribution in [0.5, 0.6) is 0 Å². The standard InChI is InChI=1S/C22H29ClN4O3S/c1-17-16-30-13-12-27(17)20-14-19(24-21(23)25-20)22(31(2,28)29)8-10-26(11-9-22)15-18-6-4-3-5-7-18/h3-7,14,17H,8-13,15-16H2,1-2H3/t17-/m0/s1. The number of anilines is 1. The van der Waals surface area contributed by atoms with E-state index in [9.17, 15) is 8.42 Å². The molecule has 0 amide bonds. The van der Waals surface area contributed by atoms with E-state index in [2.05, 4.69) is 38.8 Å². The highest BCUT2D eigenvalue weighted by molar-refractivity contribution is 7.91. The summed E-state index contributed by atoms with van der Waals surface area (Å²) in [5, 5.41) is 0.0842. The number of rotatable bonds is 5. The first-order valence-corrected chi connectivity index (χ1v) is 12.9. The molecule has 0 unspecified atom stereocenters. The summed E-state index contributed by atoms with van der Waals surface area (Å²) in [7, 11) is -3.43. The molecule has 168 valence electrons. The number of sulfone groups is 1. The fourth-order valence-corrected chi connectivity index (χ4v) is 6.17. The zero-order valence-corrected chi connectivity index (χ0v) is 19.6. The first-order chi connectivity index (χ1) is 14.8. The summed E-state index contributed by atoms with van der Waals surface area (Å²) in [6.07, 6.45) is 2.27. The van der Waals surface area contributed by atoms with E-state index in [0.717, 1.165) is 6.54 Å². The van der Waals surface area contributed by atoms with Crippen LogP contribution in [0.4, 0.5) is 5.82 Å². The molecule has 1 aromatic heterocycles. The number of benzene rings is 1. The molecule has 0 saturated carbocycles. The second-order valence-electron chi connectivity index (χ2n) is 8.53. The van der Waals surface area contributed by atoms with Gasteiger partial charge in [0.15, 0.2) is 9.84 Å². The van der Waals surface area contributed by atoms with Gasteiger partial charge in [0.1, 0.15) is 10.6 Å². The molecule has 2 fully saturated rings. The van der Waals surface area contributed by atoms with Crippen LogP contribution in [0.1, 0.15) is 31.0 Å². The van der Waals surface area contributed by atoms with Crippen molar-refractivity contribution in [3.05, 3.63) is 52.9 Å². The van der Waals surface area contributed by atoms with Crippen molar-refractivity contribution in [1.82, 2.24) is 14.9 Å². The highest BCUT2D eigenvalue weighted by Gasteiger charge is 2.47. The molecule has 0 radical (unpaired) electrons. The Bertz CT molecular complexity index is 1010. The molecule has 3 heterocycles. The zero-order valence-electron chi connectivity index (χ0n) is 18.0. The van der Waals surface area contributed by atoms with E-state index >= 15 is 0 Å². The van der Waals surface area contributed by atoms with Gasteiger partial charge in [-0.05, 0) is 36.9 Å². The largest absolute Gasteiger partial charge is 0.377 e. The smallest absolute Gasteiger partial charge is 0.224 e. The predicted octanol–water partition coefficient (Wildman–Crippen LogP) is 2.89. The van der Waals surface area contributed by atoms with Crippen LogP contribution < -0.4 is 4.90 Å². The monoisotopic (exact) mass is 464 g/mol. The molecule has 2 saturated heterocycles. The maximum atomic E-state index is 13.1. The minimum atomic E-state index is -3.43. The summed E-state index contributed by atoms with van der Waals surface area (Å²) in [6, 6.07) is 12.2. The number of ether oxygens (including phenoxy) is 1. The Labute approximate surface area is 189 Å². The Morgan fingerprint density at radius 3 is 2.52 bits per heavy atom. The Kier molecular flexibility index (Phi) is 6.53. The molecule has 0 N–H and O–H groups in total. The summed E-state index contributed by atoms with van der Waals surface area (Å²) < 4.78 is 30.6. The number of likely N-dealkylation sites (tertiary alicyclic amines) is 1. The number of nitrogens with zero attached hydrogens (tertiary/aromatic N) is 4. The first kappa shape index (κ1) is 22.5. The van der Waals surface area contributed by atoms with Crippen molar-refractivity contribution in [1.29, 1.82) is 0 Å². The van der Waals surface area contributed by atoms with E-state index in [4.69, 9.17) is 16.3 Å². The van der Waals surface area contributed by atoms with Crippen LogP contribution >= 0.6 is 11.6 Å². The normalized spacial score (nSPS) is 22.4. The first-order valence-electron chi connectivity index (χ1n) is 10.6. The van der Waals surface area contributed by atoms with Gasteiger partial charge in [0.05, 0.1) is 24.9 Å². The van der Waals surface area contributed by atoms with Gasteiger partial charge in [-0.15, -0.1) is 0 Å². The minimum absolute atomic E-state index is 0.0842. The number of morpholine rings is 1. The van der Waals surface area contributed by atoms with Gasteiger partial charge in [0, 0.05) is 38.5 Å². The van der Waals surface area contributed by atoms with Crippen molar-refractivity contribution < 1.29 is 13.2 Å². The number of aromatic nitrogens is 2. The summed E-state index contributed by atoms with van der Waals surface area (Å²) in [5.41, 5.74) is 1.73. The molecule has 2 aliphatic rings. The van der Waals surface area contributed by atoms with Crippen LogP contribution in [0.25, 0.3) is 0 Å². The van der Waals surface area contributed by atoms with E-state index in [0.29, 0.717) is 57.2 Å². The van der Waals surface area contributed by atoms with Crippen LogP contribution in [-0.4, -0.2) is 68.4 Å². The lowest BCUT2D eigenvalue weighted by molar-refractivity contribution is 0.0985. The fourth-order valence-electron chi connectivity index (χ4n) is 4.58. The zero-order chi connectivity index (χ0) is 22.1. The van der Waals surface area contributed by atoms with E-state index < -0.39 is 14.6 Å². The van der Waals surface area contributed by atoms with Crippen LogP contribution in [0.3, 0.4) is 0 Å². The number of piperidine rings is 1. The Morgan fingerprint density at radius 1 is 1.16 bits per heavy atom. The molecule has 9 heteroatoms. The van der Waals surface area contributed by atoms with Crippen molar-refractivity contribution in [2.45, 2.75) is 37.1 Å². The average molecular weight is 465 g/mol. The van der Waals surface area contributed by atoms with E-state index in [1.165, 1.54) is 11.8 Å². The van der Waals surface area contributed by atoms with Crippen molar-refractivity contribution in [3.8, 4) is 0 Å². The van der Waals surface area contributed by atoms with Crippen molar-refractivity contribution in [2.24, 2.45) is 0 Å². The van der Waals surface area contributed by atoms with Gasteiger partial charge in [0.2, 0.25) is 5.28 Å². The van der Waals surface area contributed by atoms with Crippen LogP contribution in [0.2, 0.25) is 5.28 Å². The Hall–Kier alpha value is -1.74. The van der Waals surface area contributed by atoms with Crippen LogP contribution in [0.15, 0.2) is 36.4 Å². The topological polar surface area (TPSA) is 75.6 Å². The lowest BCUT2D eigenvalue weighted by atomic mass is 9.91. The second-order valence-corrected chi connectivity index (χ2v) is 11.2. The summed E-state index contributed by atoms with van der Waals surface area (Å²) >= 11 is 6.30. The van der Waals surface area contributed by atoms with E-state index in [1.807, 2.05) is 24.3 Å². The molecule has 1 atom stereocenters. The molecular formula is C22H29ClN4O3S. The maximum absolute atomic E-state index is 13.1. The van der Waals surface area contributed by atoms with Gasteiger partial charge in [0.25, 0.3) is 0 Å². The fraction of sp³-hybridized carbons (Fsp3) is 0.545. The lowest BCUT2D eigenvalue weighted by Crippen LogP contribution is -2.48. The third-order valence-corrected chi connectivity index (χ3v) is 8.64. The highest BCUT2D eigenvalue weighted by Crippen LogP contribution is 2.41. The van der Waals surface area contributed by atoms with Gasteiger partial charge in [-0.1, -0.05) is 30.3 Å². The molecule has 0 bridgehead atoms. The van der Waals surface area contributed by atoms with Gasteiger partial charge >= 0.3 is 0 Å². The summed E-state index contributed by atoms with van der Waals surface area (Å²) in [6.45, 7) is 6.10. The molecule has 1 aromatic carbocycles. The molecular weight excluding hydrogens is 436 g/mol. The average Bonchev–Trinajstić information content (AvgIpc) is 2.74. The quantitative estimate of drug-likeness (QED) is 0.629. The molecule has 2 aromatic rings. The van der Waals surface area contributed by atoms with E-state index in [1.54, 1.807) is 0 Å². The highest BCUT2D eigenvalue weighted by atomic mass is 35.5. The molecule has 2 aliphatic heterocycles. The van der Waals surface area contributed by atoms with Crippen molar-refractivity contribution >= 4 is 27.3 Å². The third kappa shape index (κ3) is 4.72. The predicted molar refractivity (Wildman–Crippen MR) is 122 cm³/mol. The molecule has 4 rings (SSSR count). The van der Waals surface area contributed by atoms with Crippen molar-refractivity contribution in [2.75, 3.05) is 44.0 Å². The Morgan fingerprint density at radius 2 is 1.87 bits per heavy atom. The number of halogens is 1. The summed E-state index contributed by atoms with van der Waals surface area (Å²) in [4.78, 5) is 13.2. The van der Waals surface area contributed by atoms with Crippen molar-refractivity contribution in [3.63, 3.8) is 0 Å². The van der Waals surface area contributed by atoms with E-state index in [-0.39, 0.29) is 11.3 Å². The molecule has 0 spiro atoms. The van der Waals surface area contributed by atoms with Crippen LogP contribution in [0, 0.1) is 0 Å². The van der Waals surface area contributed by atoms with Gasteiger partial charge in [-0.2, -0.15) is 0 Å². The third-order valence-electron chi connectivity index (χ3n) is 6.44. The maximum Gasteiger partial charge on any atom is 0.224 e. The van der Waals surface area contributed by atoms with Gasteiger partial charge < -0.3 is 9.64 Å². The molecule has 7 nitrogen and oxygen atoms in total. The minimum Gasteiger partial charge on any atom is -0.377 e. The Balaban J connectivity index is 1.62.